The first-order valence-corrected chi connectivity index (χ1v) is 23.6. The fraction of sp³-hybridized carbons (Fsp3) is 0.766. The summed E-state index contributed by atoms with van der Waals surface area (Å²) in [5.41, 5.74) is 10.2. The van der Waals surface area contributed by atoms with E-state index >= 15 is 0 Å². The van der Waals surface area contributed by atoms with Crippen molar-refractivity contribution >= 4 is 35.8 Å². The first-order chi connectivity index (χ1) is 35.0. The maximum absolute atomic E-state index is 11.5. The third kappa shape index (κ3) is 59.7. The molecule has 0 saturated carbocycles. The van der Waals surface area contributed by atoms with E-state index < -0.39 is 53.2 Å². The van der Waals surface area contributed by atoms with Gasteiger partial charge in [-0.2, -0.15) is 0 Å². The number of alkyl carbamates (subject to hydrolysis) is 1. The van der Waals surface area contributed by atoms with Crippen LogP contribution in [0.4, 0.5) is 15.3 Å². The monoisotopic (exact) mass is 1080 g/mol. The highest BCUT2D eigenvalue weighted by Crippen LogP contribution is 2.17. The molecule has 0 saturated heterocycles. The zero-order chi connectivity index (χ0) is 55.8. The Hall–Kier alpha value is -4.91. The second kappa shape index (κ2) is 60.6. The van der Waals surface area contributed by atoms with E-state index in [0.29, 0.717) is 105 Å². The van der Waals surface area contributed by atoms with Crippen LogP contribution in [0, 0.1) is 10.1 Å². The van der Waals surface area contributed by atoms with E-state index in [0.717, 1.165) is 32.5 Å². The average molecular weight is 1080 g/mol. The molecule has 8 N–H and O–H groups in total. The van der Waals surface area contributed by atoms with Crippen LogP contribution >= 0.6 is 0 Å². The van der Waals surface area contributed by atoms with Gasteiger partial charge in [-0.25, -0.2) is 14.4 Å². The molecule has 1 rings (SSSR count). The number of benzene rings is 1. The number of nitro benzene ring substituents is 1. The molecule has 3 unspecified atom stereocenters. The quantitative estimate of drug-likeness (QED) is 0.0176. The van der Waals surface area contributed by atoms with Crippen LogP contribution in [-0.2, 0) is 71.2 Å². The molecule has 0 heterocycles. The molecule has 27 nitrogen and oxygen atoms in total. The van der Waals surface area contributed by atoms with Crippen molar-refractivity contribution in [3.63, 3.8) is 0 Å². The van der Waals surface area contributed by atoms with Gasteiger partial charge in [0, 0.05) is 67.5 Å². The van der Waals surface area contributed by atoms with Gasteiger partial charge in [0.25, 0.3) is 5.69 Å². The minimum absolute atomic E-state index is 0. The predicted octanol–water partition coefficient (Wildman–Crippen LogP) is 4.17. The Morgan fingerprint density at radius 3 is 1.30 bits per heavy atom. The molecule has 0 bridgehead atoms. The number of unbranched alkanes of at least 4 members (excludes halogenated alkanes) is 2. The van der Waals surface area contributed by atoms with Crippen molar-refractivity contribution in [2.75, 3.05) is 148 Å². The number of nitro groups is 1. The lowest BCUT2D eigenvalue weighted by Crippen LogP contribution is -2.41. The summed E-state index contributed by atoms with van der Waals surface area (Å²) in [5, 5.41) is 38.4. The van der Waals surface area contributed by atoms with Crippen molar-refractivity contribution < 1.29 is 106 Å². The third-order valence-electron chi connectivity index (χ3n) is 8.41. The van der Waals surface area contributed by atoms with Gasteiger partial charge in [0.05, 0.1) is 84.2 Å². The lowest BCUT2D eigenvalue weighted by molar-refractivity contribution is -0.384. The van der Waals surface area contributed by atoms with E-state index in [1.807, 2.05) is 0 Å². The van der Waals surface area contributed by atoms with E-state index in [9.17, 15) is 34.1 Å². The fourth-order valence-electron chi connectivity index (χ4n) is 4.37. The van der Waals surface area contributed by atoms with E-state index in [2.05, 4.69) is 12.2 Å². The largest absolute Gasteiger partial charge is 0.513 e. The second-order valence-electron chi connectivity index (χ2n) is 14.4. The molecule has 0 aromatic heterocycles. The molecule has 436 valence electrons. The first-order valence-electron chi connectivity index (χ1n) is 23.6. The summed E-state index contributed by atoms with van der Waals surface area (Å²) in [7, 11) is 8.01. The van der Waals surface area contributed by atoms with Gasteiger partial charge in [-0.3, -0.25) is 19.7 Å². The molecule has 1 aromatic carbocycles. The molecule has 0 spiro atoms. The number of carbonyl (C=O) groups excluding carboxylic acids is 2. The van der Waals surface area contributed by atoms with Gasteiger partial charge in [0.2, 0.25) is 0 Å². The standard InChI is InChI=1S/C15H29NO8.C12H15NO7.C9H19NO4.C6H14O2.C4H9NO2.CH4/c1-20-7-9-22-6-4-3-5-13(14(17)18)16-15(19)24-12-11-23-10-8-21-2;1-17-6-7-18-8-9-19-12(14)20-11-4-2-10(3-5-11)13(15)16;1-13-6-7-14-5-3-2-4-8(10)9(11)12;1-3-4-8-6-5-7-2;1-2-3(5)4(6)7;/h13H,3-12H2,1-2H3,(H,16,19)(H,17,18);2-5H,6-9H2,1H3;8H,2-7,10H2,1H3,(H,11,12);3-6H2,1-2H3;3H,2,5H2,1H3,(H,6,7);1H4. The number of amides is 1. The number of nitrogens with one attached hydrogen (secondary N) is 1. The summed E-state index contributed by atoms with van der Waals surface area (Å²) in [6.45, 7) is 11.8. The number of hydrogen-bond acceptors (Lipinski definition) is 22. The number of hydrogen-bond donors (Lipinski definition) is 6. The van der Waals surface area contributed by atoms with Crippen molar-refractivity contribution in [3.05, 3.63) is 34.4 Å². The summed E-state index contributed by atoms with van der Waals surface area (Å²) in [5.74, 6) is -2.79. The van der Waals surface area contributed by atoms with Crippen LogP contribution in [0.1, 0.15) is 72.6 Å². The highest BCUT2D eigenvalue weighted by molar-refractivity contribution is 5.79. The molecule has 3 atom stereocenters. The Morgan fingerprint density at radius 1 is 0.541 bits per heavy atom. The van der Waals surface area contributed by atoms with Crippen molar-refractivity contribution in [1.29, 1.82) is 0 Å². The molecular formula is C47H90N4O23. The Morgan fingerprint density at radius 2 is 0.932 bits per heavy atom. The predicted molar refractivity (Wildman–Crippen MR) is 271 cm³/mol. The van der Waals surface area contributed by atoms with Gasteiger partial charge < -0.3 is 93.7 Å². The molecule has 1 aromatic rings. The van der Waals surface area contributed by atoms with Crippen LogP contribution in [0.15, 0.2) is 24.3 Å². The van der Waals surface area contributed by atoms with Gasteiger partial charge in [0.1, 0.15) is 37.1 Å². The molecule has 0 fully saturated rings. The number of nitrogens with two attached hydrogens (primary N) is 2. The van der Waals surface area contributed by atoms with Crippen molar-refractivity contribution in [3.8, 4) is 5.75 Å². The van der Waals surface area contributed by atoms with Gasteiger partial charge in [-0.05, 0) is 63.5 Å². The maximum atomic E-state index is 11.5. The van der Waals surface area contributed by atoms with Crippen LogP contribution in [0.3, 0.4) is 0 Å². The average Bonchev–Trinajstić information content (AvgIpc) is 3.37. The highest BCUT2D eigenvalue weighted by Gasteiger charge is 2.20. The second-order valence-corrected chi connectivity index (χ2v) is 14.4. The number of rotatable bonds is 40. The zero-order valence-corrected chi connectivity index (χ0v) is 43.8. The molecule has 0 aliphatic rings. The summed E-state index contributed by atoms with van der Waals surface area (Å²) in [6, 6.07) is 2.69. The Balaban J connectivity index is -0.000000286. The summed E-state index contributed by atoms with van der Waals surface area (Å²) >= 11 is 0. The van der Waals surface area contributed by atoms with Gasteiger partial charge in [0.15, 0.2) is 0 Å². The maximum Gasteiger partial charge on any atom is 0.513 e. The van der Waals surface area contributed by atoms with Crippen LogP contribution in [0.5, 0.6) is 5.75 Å². The molecule has 0 radical (unpaired) electrons. The number of methoxy groups -OCH3 is 5. The Bertz CT molecular complexity index is 1450. The minimum atomic E-state index is -1.09. The van der Waals surface area contributed by atoms with E-state index in [1.54, 1.807) is 42.5 Å². The summed E-state index contributed by atoms with van der Waals surface area (Å²) in [4.78, 5) is 64.0. The topological polar surface area (TPSA) is 373 Å². The summed E-state index contributed by atoms with van der Waals surface area (Å²) < 4.78 is 64.2. The lowest BCUT2D eigenvalue weighted by Gasteiger charge is -2.14. The van der Waals surface area contributed by atoms with Crippen LogP contribution < -0.4 is 21.5 Å². The van der Waals surface area contributed by atoms with Gasteiger partial charge in [-0.1, -0.05) is 21.3 Å². The molecule has 74 heavy (non-hydrogen) atoms. The number of ether oxygens (including phenoxy) is 13. The number of nitrogens with zero attached hydrogens (tertiary/aromatic N) is 1. The highest BCUT2D eigenvalue weighted by atomic mass is 16.7. The van der Waals surface area contributed by atoms with Crippen molar-refractivity contribution in [2.24, 2.45) is 11.5 Å². The van der Waals surface area contributed by atoms with Crippen LogP contribution in [0.2, 0.25) is 0 Å². The number of carboxylic acid groups (broad SMARTS) is 3. The normalized spacial score (nSPS) is 11.3. The molecule has 0 aliphatic carbocycles. The number of non-ortho nitro benzene ring substituents is 1. The van der Waals surface area contributed by atoms with E-state index in [-0.39, 0.29) is 45.3 Å². The number of carboxylic acids is 3. The van der Waals surface area contributed by atoms with Gasteiger partial charge >= 0.3 is 30.2 Å². The number of aliphatic carboxylic acids is 3. The first kappa shape index (κ1) is 78.0. The molecule has 1 amide bonds. The lowest BCUT2D eigenvalue weighted by atomic mass is 10.1. The van der Waals surface area contributed by atoms with E-state index in [1.165, 1.54) is 24.3 Å². The van der Waals surface area contributed by atoms with Gasteiger partial charge in [-0.15, -0.1) is 0 Å². The van der Waals surface area contributed by atoms with Crippen molar-refractivity contribution in [1.82, 2.24) is 5.32 Å². The van der Waals surface area contributed by atoms with E-state index in [4.69, 9.17) is 88.4 Å². The zero-order valence-electron chi connectivity index (χ0n) is 43.8. The third-order valence-corrected chi connectivity index (χ3v) is 8.41. The van der Waals surface area contributed by atoms with Crippen molar-refractivity contribution in [2.45, 2.75) is 90.8 Å². The summed E-state index contributed by atoms with van der Waals surface area (Å²) in [6.07, 6.45) is 3.67. The smallest absolute Gasteiger partial charge is 0.480 e. The molecule has 27 heteroatoms. The number of carbonyl (C=O) groups is 5. The fourth-order valence-corrected chi connectivity index (χ4v) is 4.37. The Kier molecular flexibility index (Phi) is 63.9. The Labute approximate surface area is 436 Å². The SMILES string of the molecule is C.CCC(N)C(=O)O.CCCOCCOC.COCCOCCCCC(N)C(=O)O.COCCOCCCCC(NC(=O)OCCOCCOC)C(=O)O.COCCOCCOC(=O)Oc1ccc([N+](=O)[O-])cc1. The molecular weight excluding hydrogens is 989 g/mol. The molecule has 0 aliphatic heterocycles. The van der Waals surface area contributed by atoms with Crippen LogP contribution in [-0.4, -0.2) is 216 Å². The van der Waals surface area contributed by atoms with Crippen LogP contribution in [0.25, 0.3) is 0 Å². The minimum Gasteiger partial charge on any atom is -0.480 e.